The summed E-state index contributed by atoms with van der Waals surface area (Å²) in [5.41, 5.74) is 0. The van der Waals surface area contributed by atoms with Gasteiger partial charge in [0.25, 0.3) is 0 Å². The van der Waals surface area contributed by atoms with E-state index in [1.807, 2.05) is 0 Å². The molecule has 2 fully saturated rings. The summed E-state index contributed by atoms with van der Waals surface area (Å²) in [7, 11) is 0. The first-order valence-corrected chi connectivity index (χ1v) is 8.26. The minimum Gasteiger partial charge on any atom is -0.311 e. The lowest BCUT2D eigenvalue weighted by Gasteiger charge is -2.36. The summed E-state index contributed by atoms with van der Waals surface area (Å²) in [4.78, 5) is 2.66. The first kappa shape index (κ1) is 14.3. The van der Waals surface area contributed by atoms with Gasteiger partial charge in [0.2, 0.25) is 0 Å². The van der Waals surface area contributed by atoms with E-state index in [1.54, 1.807) is 0 Å². The Morgan fingerprint density at radius 2 is 1.56 bits per heavy atom. The molecule has 1 aliphatic carbocycles. The second-order valence-corrected chi connectivity index (χ2v) is 6.59. The summed E-state index contributed by atoms with van der Waals surface area (Å²) in [6.07, 6.45) is 11.1. The number of nitrogens with one attached hydrogen (secondary N) is 1. The molecule has 1 saturated heterocycles. The first-order chi connectivity index (χ1) is 8.78. The molecule has 2 aliphatic rings. The summed E-state index contributed by atoms with van der Waals surface area (Å²) in [5, 5.41) is 3.93. The average Bonchev–Trinajstić information content (AvgIpc) is 2.41. The number of rotatable bonds is 5. The van der Waals surface area contributed by atoms with Crippen LogP contribution in [0.4, 0.5) is 0 Å². The lowest BCUT2D eigenvalue weighted by molar-refractivity contribution is 0.178. The Morgan fingerprint density at radius 3 is 2.17 bits per heavy atom. The van der Waals surface area contributed by atoms with Crippen molar-refractivity contribution in [2.45, 2.75) is 77.3 Å². The Labute approximate surface area is 114 Å². The van der Waals surface area contributed by atoms with Crippen LogP contribution in [0.15, 0.2) is 0 Å². The molecule has 0 aromatic carbocycles. The van der Waals surface area contributed by atoms with E-state index in [0.29, 0.717) is 0 Å². The standard InChI is InChI=1S/C16H32N2/c1-3-4-11-18-12-9-16(10-13-18)17-15-7-5-14(2)6-8-15/h14-17H,3-13H2,1-2H3. The van der Waals surface area contributed by atoms with Crippen LogP contribution in [0.1, 0.15) is 65.2 Å². The summed E-state index contributed by atoms with van der Waals surface area (Å²) < 4.78 is 0. The molecule has 0 atom stereocenters. The monoisotopic (exact) mass is 252 g/mol. The van der Waals surface area contributed by atoms with E-state index in [-0.39, 0.29) is 0 Å². The predicted molar refractivity (Wildman–Crippen MR) is 78.9 cm³/mol. The normalized spacial score (nSPS) is 31.7. The molecule has 2 rings (SSSR count). The zero-order chi connectivity index (χ0) is 12.8. The highest BCUT2D eigenvalue weighted by Gasteiger charge is 2.23. The molecule has 0 spiro atoms. The van der Waals surface area contributed by atoms with Crippen LogP contribution < -0.4 is 5.32 Å². The zero-order valence-corrected chi connectivity index (χ0v) is 12.5. The van der Waals surface area contributed by atoms with E-state index in [1.165, 1.54) is 71.0 Å². The molecule has 0 amide bonds. The second-order valence-electron chi connectivity index (χ2n) is 6.59. The van der Waals surface area contributed by atoms with Gasteiger partial charge >= 0.3 is 0 Å². The molecule has 1 saturated carbocycles. The number of piperidine rings is 1. The van der Waals surface area contributed by atoms with Crippen molar-refractivity contribution in [2.24, 2.45) is 5.92 Å². The van der Waals surface area contributed by atoms with Gasteiger partial charge < -0.3 is 10.2 Å². The van der Waals surface area contributed by atoms with Crippen LogP contribution in [-0.4, -0.2) is 36.6 Å². The van der Waals surface area contributed by atoms with Crippen LogP contribution in [0.2, 0.25) is 0 Å². The van der Waals surface area contributed by atoms with Crippen LogP contribution >= 0.6 is 0 Å². The molecular weight excluding hydrogens is 220 g/mol. The van der Waals surface area contributed by atoms with Crippen molar-refractivity contribution in [1.29, 1.82) is 0 Å². The SMILES string of the molecule is CCCCN1CCC(NC2CCC(C)CC2)CC1. The number of nitrogens with zero attached hydrogens (tertiary/aromatic N) is 1. The number of likely N-dealkylation sites (tertiary alicyclic amines) is 1. The van der Waals surface area contributed by atoms with Gasteiger partial charge in [0, 0.05) is 12.1 Å². The fraction of sp³-hybridized carbons (Fsp3) is 1.00. The Kier molecular flexibility index (Phi) is 5.97. The molecule has 0 aromatic rings. The lowest BCUT2D eigenvalue weighted by atomic mass is 9.86. The van der Waals surface area contributed by atoms with Crippen molar-refractivity contribution in [1.82, 2.24) is 10.2 Å². The number of hydrogen-bond donors (Lipinski definition) is 1. The highest BCUT2D eigenvalue weighted by molar-refractivity contribution is 4.83. The van der Waals surface area contributed by atoms with Crippen molar-refractivity contribution in [3.63, 3.8) is 0 Å². The van der Waals surface area contributed by atoms with Crippen molar-refractivity contribution in [3.8, 4) is 0 Å². The largest absolute Gasteiger partial charge is 0.311 e. The van der Waals surface area contributed by atoms with Gasteiger partial charge in [-0.1, -0.05) is 20.3 Å². The molecule has 0 unspecified atom stereocenters. The van der Waals surface area contributed by atoms with Crippen LogP contribution in [-0.2, 0) is 0 Å². The Hall–Kier alpha value is -0.0800. The molecule has 1 heterocycles. The van der Waals surface area contributed by atoms with Gasteiger partial charge in [-0.2, -0.15) is 0 Å². The molecule has 18 heavy (non-hydrogen) atoms. The second kappa shape index (κ2) is 7.49. The van der Waals surface area contributed by atoms with Crippen molar-refractivity contribution < 1.29 is 0 Å². The van der Waals surface area contributed by atoms with E-state index in [0.717, 1.165) is 18.0 Å². The van der Waals surface area contributed by atoms with Crippen LogP contribution in [0.3, 0.4) is 0 Å². The highest BCUT2D eigenvalue weighted by Crippen LogP contribution is 2.24. The smallest absolute Gasteiger partial charge is 0.00940 e. The number of unbranched alkanes of at least 4 members (excludes halogenated alkanes) is 1. The lowest BCUT2D eigenvalue weighted by Crippen LogP contribution is -2.47. The van der Waals surface area contributed by atoms with E-state index in [9.17, 15) is 0 Å². The molecule has 1 N–H and O–H groups in total. The third-order valence-corrected chi connectivity index (χ3v) is 4.90. The van der Waals surface area contributed by atoms with Gasteiger partial charge in [0.05, 0.1) is 0 Å². The van der Waals surface area contributed by atoms with Gasteiger partial charge in [-0.05, 0) is 70.5 Å². The van der Waals surface area contributed by atoms with Gasteiger partial charge in [0.15, 0.2) is 0 Å². The molecule has 0 bridgehead atoms. The van der Waals surface area contributed by atoms with Crippen LogP contribution in [0.5, 0.6) is 0 Å². The number of hydrogen-bond acceptors (Lipinski definition) is 2. The molecule has 0 aromatic heterocycles. The Morgan fingerprint density at radius 1 is 0.944 bits per heavy atom. The maximum absolute atomic E-state index is 3.93. The highest BCUT2D eigenvalue weighted by atomic mass is 15.1. The molecule has 106 valence electrons. The van der Waals surface area contributed by atoms with E-state index in [2.05, 4.69) is 24.1 Å². The van der Waals surface area contributed by atoms with Gasteiger partial charge in [-0.3, -0.25) is 0 Å². The fourth-order valence-corrected chi connectivity index (χ4v) is 3.47. The average molecular weight is 252 g/mol. The summed E-state index contributed by atoms with van der Waals surface area (Å²) in [6, 6.07) is 1.63. The molecule has 2 nitrogen and oxygen atoms in total. The maximum atomic E-state index is 3.93. The topological polar surface area (TPSA) is 15.3 Å². The van der Waals surface area contributed by atoms with Crippen LogP contribution in [0.25, 0.3) is 0 Å². The fourth-order valence-electron chi connectivity index (χ4n) is 3.47. The van der Waals surface area contributed by atoms with Crippen LogP contribution in [0, 0.1) is 5.92 Å². The molecule has 0 radical (unpaired) electrons. The van der Waals surface area contributed by atoms with Crippen molar-refractivity contribution in [2.75, 3.05) is 19.6 Å². The van der Waals surface area contributed by atoms with Gasteiger partial charge in [-0.25, -0.2) is 0 Å². The predicted octanol–water partition coefficient (Wildman–Crippen LogP) is 3.42. The molecular formula is C16H32N2. The van der Waals surface area contributed by atoms with Gasteiger partial charge in [-0.15, -0.1) is 0 Å². The summed E-state index contributed by atoms with van der Waals surface area (Å²) in [5.74, 6) is 0.971. The summed E-state index contributed by atoms with van der Waals surface area (Å²) in [6.45, 7) is 8.66. The van der Waals surface area contributed by atoms with E-state index < -0.39 is 0 Å². The maximum Gasteiger partial charge on any atom is 0.00940 e. The zero-order valence-electron chi connectivity index (χ0n) is 12.5. The van der Waals surface area contributed by atoms with Crippen molar-refractivity contribution >= 4 is 0 Å². The minimum atomic E-state index is 0.807. The summed E-state index contributed by atoms with van der Waals surface area (Å²) >= 11 is 0. The van der Waals surface area contributed by atoms with Gasteiger partial charge in [0.1, 0.15) is 0 Å². The van der Waals surface area contributed by atoms with Crippen molar-refractivity contribution in [3.05, 3.63) is 0 Å². The third kappa shape index (κ3) is 4.55. The minimum absolute atomic E-state index is 0.807. The quantitative estimate of drug-likeness (QED) is 0.806. The van der Waals surface area contributed by atoms with E-state index in [4.69, 9.17) is 0 Å². The third-order valence-electron chi connectivity index (χ3n) is 4.90. The van der Waals surface area contributed by atoms with E-state index >= 15 is 0 Å². The first-order valence-electron chi connectivity index (χ1n) is 8.26. The molecule has 1 aliphatic heterocycles. The Bertz CT molecular complexity index is 213. The Balaban J connectivity index is 1.61. The molecule has 2 heteroatoms.